The van der Waals surface area contributed by atoms with Crippen molar-refractivity contribution in [2.75, 3.05) is 31.5 Å². The van der Waals surface area contributed by atoms with E-state index in [1.807, 2.05) is 6.92 Å². The monoisotopic (exact) mass is 331 g/mol. The van der Waals surface area contributed by atoms with E-state index < -0.39 is 0 Å². The van der Waals surface area contributed by atoms with Gasteiger partial charge >= 0.3 is 6.03 Å². The summed E-state index contributed by atoms with van der Waals surface area (Å²) in [6.45, 7) is 8.01. The van der Waals surface area contributed by atoms with E-state index in [2.05, 4.69) is 11.9 Å². The van der Waals surface area contributed by atoms with Crippen LogP contribution >= 0.6 is 0 Å². The summed E-state index contributed by atoms with van der Waals surface area (Å²) in [5.41, 5.74) is 1.30. The molecule has 1 aromatic rings. The van der Waals surface area contributed by atoms with E-state index in [0.29, 0.717) is 31.9 Å². The summed E-state index contributed by atoms with van der Waals surface area (Å²) in [4.78, 5) is 27.8. The number of rotatable bonds is 2. The molecule has 2 saturated heterocycles. The van der Waals surface area contributed by atoms with Crippen molar-refractivity contribution in [1.29, 1.82) is 0 Å². The zero-order chi connectivity index (χ0) is 17.3. The molecule has 0 aliphatic carbocycles. The van der Waals surface area contributed by atoms with Crippen LogP contribution in [0.2, 0.25) is 0 Å². The zero-order valence-electron chi connectivity index (χ0n) is 13.8. The topological polar surface area (TPSA) is 52.7 Å². The van der Waals surface area contributed by atoms with Gasteiger partial charge in [-0.05, 0) is 43.5 Å². The summed E-state index contributed by atoms with van der Waals surface area (Å²) >= 11 is 0. The molecular formula is C18H22FN3O2. The van der Waals surface area contributed by atoms with Crippen molar-refractivity contribution < 1.29 is 14.0 Å². The van der Waals surface area contributed by atoms with Crippen molar-refractivity contribution in [2.45, 2.75) is 19.8 Å². The summed E-state index contributed by atoms with van der Waals surface area (Å²) in [6, 6.07) is 4.14. The summed E-state index contributed by atoms with van der Waals surface area (Å²) in [5.74, 6) is -0.423. The highest BCUT2D eigenvalue weighted by atomic mass is 19.1. The molecule has 128 valence electrons. The van der Waals surface area contributed by atoms with E-state index in [-0.39, 0.29) is 23.2 Å². The molecule has 5 nitrogen and oxygen atoms in total. The molecule has 1 aromatic carbocycles. The second kappa shape index (κ2) is 6.26. The predicted molar refractivity (Wildman–Crippen MR) is 90.2 cm³/mol. The number of carbonyl (C=O) groups excluding carboxylic acids is 2. The molecule has 0 saturated carbocycles. The lowest BCUT2D eigenvalue weighted by molar-refractivity contribution is -0.125. The lowest BCUT2D eigenvalue weighted by Gasteiger charge is -2.24. The minimum atomic E-state index is -0.372. The lowest BCUT2D eigenvalue weighted by Crippen LogP contribution is -2.37. The molecule has 2 aliphatic heterocycles. The molecule has 3 amide bonds. The van der Waals surface area contributed by atoms with Gasteiger partial charge < -0.3 is 15.1 Å². The first-order valence-electron chi connectivity index (χ1n) is 8.16. The third-order valence-electron chi connectivity index (χ3n) is 5.09. The Labute approximate surface area is 141 Å². The Kier molecular flexibility index (Phi) is 4.30. The Bertz CT molecular complexity index is 691. The number of hydrogen-bond acceptors (Lipinski definition) is 2. The normalized spacial score (nSPS) is 22.9. The number of hydrogen-bond donors (Lipinski definition) is 1. The summed E-state index contributed by atoms with van der Waals surface area (Å²) in [7, 11) is 0. The number of carbonyl (C=O) groups is 2. The average Bonchev–Trinajstić information content (AvgIpc) is 3.18. The summed E-state index contributed by atoms with van der Waals surface area (Å²) in [6.07, 6.45) is 3.12. The highest BCUT2D eigenvalue weighted by molar-refractivity contribution is 5.90. The van der Waals surface area contributed by atoms with Crippen LogP contribution in [0.5, 0.6) is 0 Å². The van der Waals surface area contributed by atoms with Gasteiger partial charge in [0.05, 0.1) is 0 Å². The van der Waals surface area contributed by atoms with Crippen LogP contribution in [0.15, 0.2) is 30.9 Å². The number of urea groups is 1. The molecule has 1 spiro atoms. The Morgan fingerprint density at radius 1 is 1.25 bits per heavy atom. The Balaban J connectivity index is 1.63. The maximum Gasteiger partial charge on any atom is 0.321 e. The second-order valence-electron chi connectivity index (χ2n) is 6.77. The fourth-order valence-electron chi connectivity index (χ4n) is 3.62. The number of anilines is 1. The van der Waals surface area contributed by atoms with Gasteiger partial charge in [-0.1, -0.05) is 12.6 Å². The Hall–Kier alpha value is -2.37. The number of likely N-dealkylation sites (tertiary alicyclic amines) is 2. The van der Waals surface area contributed by atoms with Crippen LogP contribution in [0.25, 0.3) is 0 Å². The molecule has 2 heterocycles. The fourth-order valence-corrected chi connectivity index (χ4v) is 3.62. The number of halogens is 1. The second-order valence-corrected chi connectivity index (χ2v) is 6.77. The van der Waals surface area contributed by atoms with Gasteiger partial charge in [0, 0.05) is 37.3 Å². The van der Waals surface area contributed by atoms with Crippen LogP contribution in [0, 0.1) is 18.2 Å². The molecule has 0 aromatic heterocycles. The number of benzene rings is 1. The van der Waals surface area contributed by atoms with Gasteiger partial charge in [0.2, 0.25) is 5.91 Å². The quantitative estimate of drug-likeness (QED) is 0.847. The molecule has 0 bridgehead atoms. The highest BCUT2D eigenvalue weighted by Crippen LogP contribution is 2.39. The largest absolute Gasteiger partial charge is 0.339 e. The molecular weight excluding hydrogens is 309 g/mol. The minimum absolute atomic E-state index is 0.0208. The lowest BCUT2D eigenvalue weighted by atomic mass is 9.86. The van der Waals surface area contributed by atoms with E-state index in [1.165, 1.54) is 18.2 Å². The van der Waals surface area contributed by atoms with Gasteiger partial charge in [-0.15, -0.1) is 0 Å². The van der Waals surface area contributed by atoms with Crippen molar-refractivity contribution in [2.24, 2.45) is 5.41 Å². The van der Waals surface area contributed by atoms with Gasteiger partial charge in [-0.3, -0.25) is 4.79 Å². The van der Waals surface area contributed by atoms with Crippen LogP contribution in [-0.2, 0) is 4.79 Å². The van der Waals surface area contributed by atoms with Crippen molar-refractivity contribution in [1.82, 2.24) is 9.80 Å². The molecule has 1 N–H and O–H groups in total. The minimum Gasteiger partial charge on any atom is -0.339 e. The van der Waals surface area contributed by atoms with E-state index in [9.17, 15) is 14.0 Å². The van der Waals surface area contributed by atoms with Crippen LogP contribution < -0.4 is 5.32 Å². The van der Waals surface area contributed by atoms with Crippen molar-refractivity contribution in [3.05, 3.63) is 42.2 Å². The number of nitrogens with zero attached hydrogens (tertiary/aromatic N) is 2. The zero-order valence-corrected chi connectivity index (χ0v) is 13.8. The van der Waals surface area contributed by atoms with Crippen LogP contribution in [-0.4, -0.2) is 47.9 Å². The third-order valence-corrected chi connectivity index (χ3v) is 5.09. The van der Waals surface area contributed by atoms with Gasteiger partial charge in [-0.2, -0.15) is 0 Å². The molecule has 3 rings (SSSR count). The Morgan fingerprint density at radius 3 is 2.62 bits per heavy atom. The first kappa shape index (κ1) is 16.5. The maximum absolute atomic E-state index is 13.4. The number of aryl methyl sites for hydroxylation is 1. The van der Waals surface area contributed by atoms with Crippen molar-refractivity contribution >= 4 is 17.6 Å². The van der Waals surface area contributed by atoms with Crippen LogP contribution in [0.3, 0.4) is 0 Å². The van der Waals surface area contributed by atoms with Crippen LogP contribution in [0.4, 0.5) is 14.9 Å². The maximum atomic E-state index is 13.4. The number of nitrogens with one attached hydrogen (secondary N) is 1. The van der Waals surface area contributed by atoms with E-state index in [4.69, 9.17) is 0 Å². The van der Waals surface area contributed by atoms with Crippen LogP contribution in [0.1, 0.15) is 18.4 Å². The SMILES string of the molecule is C=CC(=O)N1CCC2(CCN(C(=O)Nc3cc(F)ccc3C)C2)C1. The standard InChI is InChI=1S/C18H22FN3O2/c1-3-16(23)21-8-6-18(11-21)7-9-22(12-18)17(24)20-15-10-14(19)5-4-13(15)2/h3-5,10H,1,6-9,11-12H2,2H3,(H,20,24). The predicted octanol–water partition coefficient (Wildman–Crippen LogP) is 2.78. The van der Waals surface area contributed by atoms with E-state index >= 15 is 0 Å². The number of amides is 3. The van der Waals surface area contributed by atoms with Gasteiger partial charge in [0.1, 0.15) is 5.82 Å². The Morgan fingerprint density at radius 2 is 1.92 bits per heavy atom. The smallest absolute Gasteiger partial charge is 0.321 e. The first-order chi connectivity index (χ1) is 11.4. The van der Waals surface area contributed by atoms with E-state index in [1.54, 1.807) is 15.9 Å². The third kappa shape index (κ3) is 3.13. The van der Waals surface area contributed by atoms with Gasteiger partial charge in [0.25, 0.3) is 0 Å². The average molecular weight is 331 g/mol. The molecule has 24 heavy (non-hydrogen) atoms. The first-order valence-corrected chi connectivity index (χ1v) is 8.16. The molecule has 0 radical (unpaired) electrons. The van der Waals surface area contributed by atoms with E-state index in [0.717, 1.165) is 18.4 Å². The summed E-state index contributed by atoms with van der Waals surface area (Å²) < 4.78 is 13.4. The molecule has 2 aliphatic rings. The molecule has 1 unspecified atom stereocenters. The van der Waals surface area contributed by atoms with Gasteiger partial charge in [0.15, 0.2) is 0 Å². The van der Waals surface area contributed by atoms with Gasteiger partial charge in [-0.25, -0.2) is 9.18 Å². The van der Waals surface area contributed by atoms with Crippen molar-refractivity contribution in [3.63, 3.8) is 0 Å². The van der Waals surface area contributed by atoms with Crippen molar-refractivity contribution in [3.8, 4) is 0 Å². The summed E-state index contributed by atoms with van der Waals surface area (Å²) in [5, 5.41) is 2.79. The highest BCUT2D eigenvalue weighted by Gasteiger charge is 2.45. The fraction of sp³-hybridized carbons (Fsp3) is 0.444. The molecule has 2 fully saturated rings. The molecule has 1 atom stereocenters. The molecule has 6 heteroatoms.